The highest BCUT2D eigenvalue weighted by Gasteiger charge is 2.13. The van der Waals surface area contributed by atoms with Crippen LogP contribution in [-0.2, 0) is 11.3 Å². The molecule has 5 nitrogen and oxygen atoms in total. The number of pyridine rings is 1. The number of nitrogens with zero attached hydrogens (tertiary/aromatic N) is 1. The van der Waals surface area contributed by atoms with Crippen LogP contribution in [-0.4, -0.2) is 30.0 Å². The van der Waals surface area contributed by atoms with Crippen LogP contribution in [0.4, 0.5) is 0 Å². The van der Waals surface area contributed by atoms with Crippen LogP contribution < -0.4 is 10.3 Å². The maximum absolute atomic E-state index is 11.8. The number of aromatic nitrogens is 1. The summed E-state index contributed by atoms with van der Waals surface area (Å²) < 4.78 is 11.8. The number of hydrogen-bond donors (Lipinski definition) is 1. The maximum atomic E-state index is 11.8. The largest absolute Gasteiger partial charge is 0.492 e. The molecule has 0 radical (unpaired) electrons. The molecule has 0 saturated heterocycles. The molecule has 5 heteroatoms. The fraction of sp³-hybridized carbons (Fsp3) is 0.643. The normalized spacial score (nSPS) is 10.7. The Hall–Kier alpha value is -1.49. The van der Waals surface area contributed by atoms with Crippen LogP contribution in [0, 0.1) is 6.92 Å². The van der Waals surface area contributed by atoms with Gasteiger partial charge in [-0.2, -0.15) is 0 Å². The Bertz CT molecular complexity index is 453. The van der Waals surface area contributed by atoms with Crippen molar-refractivity contribution in [2.75, 3.05) is 20.3 Å². The Labute approximate surface area is 113 Å². The average Bonchev–Trinajstić information content (AvgIpc) is 2.37. The van der Waals surface area contributed by atoms with Crippen molar-refractivity contribution in [1.29, 1.82) is 0 Å². The van der Waals surface area contributed by atoms with Crippen molar-refractivity contribution in [2.45, 2.75) is 39.7 Å². The quantitative estimate of drug-likeness (QED) is 0.734. The van der Waals surface area contributed by atoms with Gasteiger partial charge in [-0.25, -0.2) is 0 Å². The lowest BCUT2D eigenvalue weighted by Crippen LogP contribution is -2.21. The van der Waals surface area contributed by atoms with Gasteiger partial charge in [0.1, 0.15) is 0 Å². The van der Waals surface area contributed by atoms with Crippen LogP contribution in [0.2, 0.25) is 0 Å². The van der Waals surface area contributed by atoms with Crippen LogP contribution in [0.15, 0.2) is 10.9 Å². The van der Waals surface area contributed by atoms with Crippen LogP contribution >= 0.6 is 0 Å². The Morgan fingerprint density at radius 3 is 2.68 bits per heavy atom. The zero-order valence-electron chi connectivity index (χ0n) is 11.9. The van der Waals surface area contributed by atoms with E-state index in [1.807, 2.05) is 0 Å². The van der Waals surface area contributed by atoms with Gasteiger partial charge in [-0.1, -0.05) is 13.3 Å². The summed E-state index contributed by atoms with van der Waals surface area (Å²) in [6, 6.07) is 1.49. The predicted molar refractivity (Wildman–Crippen MR) is 74.0 cm³/mol. The van der Waals surface area contributed by atoms with E-state index in [0.717, 1.165) is 12.8 Å². The Morgan fingerprint density at radius 1 is 1.32 bits per heavy atom. The van der Waals surface area contributed by atoms with Gasteiger partial charge in [0, 0.05) is 31.9 Å². The second-order valence-electron chi connectivity index (χ2n) is 4.52. The van der Waals surface area contributed by atoms with Crippen molar-refractivity contribution in [1.82, 2.24) is 4.57 Å². The second-order valence-corrected chi connectivity index (χ2v) is 4.52. The summed E-state index contributed by atoms with van der Waals surface area (Å²) in [5, 5.41) is 10.1. The highest BCUT2D eigenvalue weighted by Crippen LogP contribution is 2.28. The molecule has 1 N–H and O–H groups in total. The molecule has 0 aliphatic carbocycles. The van der Waals surface area contributed by atoms with Crippen molar-refractivity contribution < 1.29 is 14.6 Å². The summed E-state index contributed by atoms with van der Waals surface area (Å²) in [5.41, 5.74) is 0.454. The topological polar surface area (TPSA) is 60.7 Å². The standard InChI is InChI=1S/C14H23NO4/c1-4-5-9-19-13-11(2)10-12(16)15(14(13)17)7-6-8-18-3/h10,17H,4-9H2,1-3H3. The fourth-order valence-corrected chi connectivity index (χ4v) is 1.81. The molecular weight excluding hydrogens is 246 g/mol. The smallest absolute Gasteiger partial charge is 0.253 e. The van der Waals surface area contributed by atoms with E-state index in [0.29, 0.717) is 37.5 Å². The van der Waals surface area contributed by atoms with E-state index in [2.05, 4.69) is 6.92 Å². The number of aryl methyl sites for hydroxylation is 1. The van der Waals surface area contributed by atoms with Crippen molar-refractivity contribution in [2.24, 2.45) is 0 Å². The molecule has 0 aromatic carbocycles. The highest BCUT2D eigenvalue weighted by molar-refractivity contribution is 5.40. The van der Waals surface area contributed by atoms with Gasteiger partial charge in [0.2, 0.25) is 5.88 Å². The molecule has 0 unspecified atom stereocenters. The zero-order chi connectivity index (χ0) is 14.3. The molecule has 0 atom stereocenters. The fourth-order valence-electron chi connectivity index (χ4n) is 1.81. The Morgan fingerprint density at radius 2 is 2.05 bits per heavy atom. The third kappa shape index (κ3) is 4.28. The number of aromatic hydroxyl groups is 1. The molecule has 1 heterocycles. The number of unbranched alkanes of at least 4 members (excludes halogenated alkanes) is 1. The van der Waals surface area contributed by atoms with Gasteiger partial charge in [-0.3, -0.25) is 9.36 Å². The lowest BCUT2D eigenvalue weighted by atomic mass is 10.2. The molecule has 1 rings (SSSR count). The van der Waals surface area contributed by atoms with E-state index in [-0.39, 0.29) is 11.4 Å². The van der Waals surface area contributed by atoms with Crippen LogP contribution in [0.1, 0.15) is 31.7 Å². The SMILES string of the molecule is CCCCOc1c(C)cc(=O)n(CCCOC)c1O. The first kappa shape index (κ1) is 15.6. The molecular formula is C14H23NO4. The maximum Gasteiger partial charge on any atom is 0.253 e. The summed E-state index contributed by atoms with van der Waals surface area (Å²) in [5.74, 6) is 0.322. The highest BCUT2D eigenvalue weighted by atomic mass is 16.5. The Kier molecular flexibility index (Phi) is 6.42. The summed E-state index contributed by atoms with van der Waals surface area (Å²) in [6.45, 7) is 5.35. The van der Waals surface area contributed by atoms with Gasteiger partial charge in [0.05, 0.1) is 6.61 Å². The first-order valence-electron chi connectivity index (χ1n) is 6.67. The van der Waals surface area contributed by atoms with Crippen LogP contribution in [0.25, 0.3) is 0 Å². The van der Waals surface area contributed by atoms with Crippen LogP contribution in [0.3, 0.4) is 0 Å². The lowest BCUT2D eigenvalue weighted by Gasteiger charge is -2.15. The molecule has 0 aliphatic rings. The monoisotopic (exact) mass is 269 g/mol. The minimum absolute atomic E-state index is 0.0859. The van der Waals surface area contributed by atoms with Crippen molar-refractivity contribution in [3.8, 4) is 11.6 Å². The van der Waals surface area contributed by atoms with Gasteiger partial charge < -0.3 is 14.6 Å². The molecule has 1 aromatic heterocycles. The molecule has 19 heavy (non-hydrogen) atoms. The van der Waals surface area contributed by atoms with Gasteiger partial charge in [-0.15, -0.1) is 0 Å². The lowest BCUT2D eigenvalue weighted by molar-refractivity contribution is 0.188. The first-order chi connectivity index (χ1) is 9.11. The zero-order valence-corrected chi connectivity index (χ0v) is 11.9. The summed E-state index contributed by atoms with van der Waals surface area (Å²) in [6.07, 6.45) is 2.61. The van der Waals surface area contributed by atoms with Gasteiger partial charge >= 0.3 is 0 Å². The van der Waals surface area contributed by atoms with E-state index in [1.165, 1.54) is 10.6 Å². The van der Waals surface area contributed by atoms with Gasteiger partial charge in [0.15, 0.2) is 5.75 Å². The third-order valence-corrected chi connectivity index (χ3v) is 2.90. The number of rotatable bonds is 8. The van der Waals surface area contributed by atoms with Crippen molar-refractivity contribution in [3.63, 3.8) is 0 Å². The van der Waals surface area contributed by atoms with Gasteiger partial charge in [-0.05, 0) is 19.8 Å². The third-order valence-electron chi connectivity index (χ3n) is 2.90. The van der Waals surface area contributed by atoms with E-state index < -0.39 is 0 Å². The van der Waals surface area contributed by atoms with Crippen molar-refractivity contribution >= 4 is 0 Å². The average molecular weight is 269 g/mol. The molecule has 0 fully saturated rings. The summed E-state index contributed by atoms with van der Waals surface area (Å²) in [7, 11) is 1.61. The molecule has 0 spiro atoms. The number of methoxy groups -OCH3 is 1. The van der Waals surface area contributed by atoms with E-state index >= 15 is 0 Å². The van der Waals surface area contributed by atoms with E-state index in [9.17, 15) is 9.90 Å². The molecule has 108 valence electrons. The molecule has 0 saturated carbocycles. The molecule has 0 aliphatic heterocycles. The minimum atomic E-state index is -0.214. The Balaban J connectivity index is 2.91. The van der Waals surface area contributed by atoms with Crippen LogP contribution in [0.5, 0.6) is 11.6 Å². The molecule has 0 amide bonds. The van der Waals surface area contributed by atoms with Gasteiger partial charge in [0.25, 0.3) is 5.56 Å². The minimum Gasteiger partial charge on any atom is -0.492 e. The summed E-state index contributed by atoms with van der Waals surface area (Å²) in [4.78, 5) is 11.8. The predicted octanol–water partition coefficient (Wildman–Crippen LogP) is 2.08. The van der Waals surface area contributed by atoms with Crippen molar-refractivity contribution in [3.05, 3.63) is 22.0 Å². The summed E-state index contributed by atoms with van der Waals surface area (Å²) >= 11 is 0. The van der Waals surface area contributed by atoms with E-state index in [4.69, 9.17) is 9.47 Å². The first-order valence-corrected chi connectivity index (χ1v) is 6.67. The number of hydrogen-bond acceptors (Lipinski definition) is 4. The molecule has 1 aromatic rings. The number of ether oxygens (including phenoxy) is 2. The second kappa shape index (κ2) is 7.84. The molecule has 0 bridgehead atoms. The van der Waals surface area contributed by atoms with E-state index in [1.54, 1.807) is 14.0 Å².